The van der Waals surface area contributed by atoms with E-state index in [1.165, 1.54) is 12.1 Å². The molecule has 9 heteroatoms. The molecule has 0 bridgehead atoms. The number of hydrogen-bond donors (Lipinski definition) is 4. The highest BCUT2D eigenvalue weighted by atomic mass is 16.7. The summed E-state index contributed by atoms with van der Waals surface area (Å²) in [6.07, 6.45) is 3.22. The van der Waals surface area contributed by atoms with Crippen molar-refractivity contribution in [2.75, 3.05) is 6.61 Å². The number of phenols is 1. The molecule has 1 aromatic carbocycles. The number of hydrogen-bond acceptors (Lipinski definition) is 9. The Morgan fingerprint density at radius 3 is 2.56 bits per heavy atom. The summed E-state index contributed by atoms with van der Waals surface area (Å²) < 4.78 is 16.3. The summed E-state index contributed by atoms with van der Waals surface area (Å²) in [5.74, 6) is -1.50. The van der Waals surface area contributed by atoms with Gasteiger partial charge in [-0.2, -0.15) is 0 Å². The first kappa shape index (κ1) is 23.9. The third-order valence-corrected chi connectivity index (χ3v) is 5.24. The van der Waals surface area contributed by atoms with E-state index in [-0.39, 0.29) is 29.1 Å². The van der Waals surface area contributed by atoms with Crippen LogP contribution < -0.4 is 4.74 Å². The van der Waals surface area contributed by atoms with Crippen LogP contribution in [0.3, 0.4) is 0 Å². The van der Waals surface area contributed by atoms with Gasteiger partial charge in [-0.15, -0.1) is 0 Å². The van der Waals surface area contributed by atoms with E-state index in [9.17, 15) is 30.0 Å². The van der Waals surface area contributed by atoms with Gasteiger partial charge < -0.3 is 34.6 Å². The second-order valence-corrected chi connectivity index (χ2v) is 7.85. The molecule has 0 unspecified atom stereocenters. The molecule has 1 aromatic rings. The van der Waals surface area contributed by atoms with Crippen molar-refractivity contribution in [2.24, 2.45) is 0 Å². The lowest BCUT2D eigenvalue weighted by molar-refractivity contribution is -0.116. The van der Waals surface area contributed by atoms with Crippen LogP contribution in [0.5, 0.6) is 11.5 Å². The van der Waals surface area contributed by atoms with Crippen LogP contribution in [-0.2, 0) is 20.7 Å². The van der Waals surface area contributed by atoms with E-state index in [1.54, 1.807) is 13.0 Å². The Morgan fingerprint density at radius 1 is 1.09 bits per heavy atom. The molecule has 1 fully saturated rings. The number of cyclic esters (lactones) is 1. The minimum absolute atomic E-state index is 0.0118. The second kappa shape index (κ2) is 10.7. The Hall–Kier alpha value is -2.72. The molecular formula is C23H28O9. The molecule has 0 radical (unpaired) electrons. The number of aliphatic hydroxyl groups is 3. The first-order chi connectivity index (χ1) is 15.3. The Kier molecular flexibility index (Phi) is 8.03. The van der Waals surface area contributed by atoms with Gasteiger partial charge in [0.05, 0.1) is 6.61 Å². The largest absolute Gasteiger partial charge is 0.507 e. The standard InChI is InChI=1S/C23H28O9/c1-13-7-5-3-2-4-6-8-15(25)9-14-10-16(11-17(26)19(14)22(29)30-13)31-23-21(28)20(27)18(12-24)32-23/h3,5-6,8,10-11,13,18,20-21,23-24,26-28H,2,4,7,9,12H2,1H3/t13-,18-,20-,21-,23-/m1/s1. The number of benzene rings is 1. The number of rotatable bonds is 3. The van der Waals surface area contributed by atoms with Gasteiger partial charge in [-0.1, -0.05) is 18.2 Å². The van der Waals surface area contributed by atoms with Crippen molar-refractivity contribution in [3.8, 4) is 11.5 Å². The molecule has 0 amide bonds. The van der Waals surface area contributed by atoms with Gasteiger partial charge in [0.25, 0.3) is 0 Å². The van der Waals surface area contributed by atoms with Crippen LogP contribution in [0.15, 0.2) is 36.4 Å². The van der Waals surface area contributed by atoms with Gasteiger partial charge in [0.2, 0.25) is 6.29 Å². The fourth-order valence-corrected chi connectivity index (χ4v) is 3.55. The van der Waals surface area contributed by atoms with Crippen LogP contribution in [0, 0.1) is 0 Å². The molecule has 9 nitrogen and oxygen atoms in total. The summed E-state index contributed by atoms with van der Waals surface area (Å²) >= 11 is 0. The first-order valence-corrected chi connectivity index (χ1v) is 10.5. The van der Waals surface area contributed by atoms with Gasteiger partial charge in [-0.05, 0) is 37.5 Å². The van der Waals surface area contributed by atoms with E-state index in [0.29, 0.717) is 12.8 Å². The summed E-state index contributed by atoms with van der Waals surface area (Å²) in [4.78, 5) is 25.2. The molecule has 0 aromatic heterocycles. The normalized spacial score (nSPS) is 29.3. The van der Waals surface area contributed by atoms with Crippen molar-refractivity contribution in [1.82, 2.24) is 0 Å². The maximum Gasteiger partial charge on any atom is 0.342 e. The SMILES string of the molecule is C[C@@H]1CC=CCCC=CC(=O)Cc2cc(O[C@@H]3O[C@H](CO)[C@@H](O)[C@H]3O)cc(O)c2C(=O)O1. The van der Waals surface area contributed by atoms with Crippen molar-refractivity contribution in [1.29, 1.82) is 0 Å². The zero-order chi connectivity index (χ0) is 23.3. The molecule has 0 saturated carbocycles. The highest BCUT2D eigenvalue weighted by Crippen LogP contribution is 2.32. The van der Waals surface area contributed by atoms with Crippen molar-refractivity contribution >= 4 is 11.8 Å². The van der Waals surface area contributed by atoms with Crippen LogP contribution in [0.25, 0.3) is 0 Å². The highest BCUT2D eigenvalue weighted by Gasteiger charge is 2.44. The summed E-state index contributed by atoms with van der Waals surface area (Å²) in [5.41, 5.74) is 0.0411. The Labute approximate surface area is 185 Å². The van der Waals surface area contributed by atoms with Gasteiger partial charge in [-0.25, -0.2) is 4.79 Å². The average molecular weight is 448 g/mol. The van der Waals surface area contributed by atoms with Gasteiger partial charge in [0.1, 0.15) is 41.5 Å². The third-order valence-electron chi connectivity index (χ3n) is 5.24. The number of phenolic OH excluding ortho intramolecular Hbond substituents is 1. The third kappa shape index (κ3) is 5.74. The van der Waals surface area contributed by atoms with E-state index < -0.39 is 49.0 Å². The van der Waals surface area contributed by atoms with E-state index in [0.717, 1.165) is 12.5 Å². The average Bonchev–Trinajstić information content (AvgIpc) is 3.00. The van der Waals surface area contributed by atoms with Crippen LogP contribution in [-0.4, -0.2) is 69.5 Å². The van der Waals surface area contributed by atoms with Gasteiger partial charge in [0.15, 0.2) is 5.78 Å². The number of fused-ring (bicyclic) bond motifs is 1. The van der Waals surface area contributed by atoms with Gasteiger partial charge in [0, 0.05) is 18.9 Å². The number of carbonyl (C=O) groups excluding carboxylic acids is 2. The number of allylic oxidation sites excluding steroid dienone is 3. The van der Waals surface area contributed by atoms with Crippen molar-refractivity contribution in [3.63, 3.8) is 0 Å². The van der Waals surface area contributed by atoms with Crippen molar-refractivity contribution in [3.05, 3.63) is 47.6 Å². The van der Waals surface area contributed by atoms with Crippen LogP contribution in [0.4, 0.5) is 0 Å². The smallest absolute Gasteiger partial charge is 0.342 e. The zero-order valence-electron chi connectivity index (χ0n) is 17.7. The van der Waals surface area contributed by atoms with Crippen molar-refractivity contribution < 1.29 is 44.2 Å². The Balaban J connectivity index is 1.91. The van der Waals surface area contributed by atoms with Crippen molar-refractivity contribution in [2.45, 2.75) is 63.3 Å². The molecule has 2 aliphatic heterocycles. The van der Waals surface area contributed by atoms with Gasteiger partial charge >= 0.3 is 5.97 Å². The fourth-order valence-electron chi connectivity index (χ4n) is 3.55. The summed E-state index contributed by atoms with van der Waals surface area (Å²) in [7, 11) is 0. The molecule has 1 saturated heterocycles. The van der Waals surface area contributed by atoms with E-state index in [1.807, 2.05) is 12.2 Å². The molecule has 5 atom stereocenters. The summed E-state index contributed by atoms with van der Waals surface area (Å²) in [6, 6.07) is 2.52. The van der Waals surface area contributed by atoms with E-state index in [4.69, 9.17) is 14.2 Å². The topological polar surface area (TPSA) is 143 Å². The van der Waals surface area contributed by atoms with Crippen LogP contribution in [0.1, 0.15) is 42.1 Å². The summed E-state index contributed by atoms with van der Waals surface area (Å²) in [5, 5.41) is 39.7. The van der Waals surface area contributed by atoms with Crippen LogP contribution >= 0.6 is 0 Å². The second-order valence-electron chi connectivity index (χ2n) is 7.85. The van der Waals surface area contributed by atoms with E-state index >= 15 is 0 Å². The molecule has 4 N–H and O–H groups in total. The predicted octanol–water partition coefficient (Wildman–Crippen LogP) is 1.16. The quantitative estimate of drug-likeness (QED) is 0.396. The first-order valence-electron chi connectivity index (χ1n) is 10.5. The Morgan fingerprint density at radius 2 is 1.84 bits per heavy atom. The number of ether oxygens (including phenoxy) is 3. The number of esters is 1. The zero-order valence-corrected chi connectivity index (χ0v) is 17.7. The van der Waals surface area contributed by atoms with E-state index in [2.05, 4.69) is 0 Å². The molecule has 3 rings (SSSR count). The summed E-state index contributed by atoms with van der Waals surface area (Å²) in [6.45, 7) is 1.21. The number of carbonyl (C=O) groups is 2. The minimum Gasteiger partial charge on any atom is -0.507 e. The molecule has 0 aliphatic carbocycles. The monoisotopic (exact) mass is 448 g/mol. The lowest BCUT2D eigenvalue weighted by Gasteiger charge is -2.19. The number of aliphatic hydroxyl groups excluding tert-OH is 3. The number of aromatic hydroxyl groups is 1. The molecule has 2 heterocycles. The molecule has 32 heavy (non-hydrogen) atoms. The number of ketones is 1. The maximum atomic E-state index is 12.7. The molecule has 2 aliphatic rings. The maximum absolute atomic E-state index is 12.7. The lowest BCUT2D eigenvalue weighted by atomic mass is 10.00. The Bertz CT molecular complexity index is 892. The fraction of sp³-hybridized carbons (Fsp3) is 0.478. The molecule has 0 spiro atoms. The molecular weight excluding hydrogens is 420 g/mol. The predicted molar refractivity (Wildman–Crippen MR) is 112 cm³/mol. The lowest BCUT2D eigenvalue weighted by Crippen LogP contribution is -2.35. The van der Waals surface area contributed by atoms with Gasteiger partial charge in [-0.3, -0.25) is 4.79 Å². The molecule has 174 valence electrons. The highest BCUT2D eigenvalue weighted by molar-refractivity contribution is 5.98. The minimum atomic E-state index is -1.44. The van der Waals surface area contributed by atoms with Crippen LogP contribution in [0.2, 0.25) is 0 Å².